The minimum Gasteiger partial charge on any atom is -0.325 e. The maximum absolute atomic E-state index is 12.6. The molecule has 0 radical (unpaired) electrons. The van der Waals surface area contributed by atoms with E-state index in [1.807, 2.05) is 63.2 Å². The fraction of sp³-hybridized carbons (Fsp3) is 0.300. The number of hydrogen-bond donors (Lipinski definition) is 1. The van der Waals surface area contributed by atoms with Crippen LogP contribution in [0, 0.1) is 26.7 Å². The summed E-state index contributed by atoms with van der Waals surface area (Å²) < 4.78 is 0. The maximum atomic E-state index is 12.6. The van der Waals surface area contributed by atoms with Gasteiger partial charge in [-0.15, -0.1) is 0 Å². The van der Waals surface area contributed by atoms with Gasteiger partial charge in [-0.1, -0.05) is 35.9 Å². The van der Waals surface area contributed by atoms with Crippen molar-refractivity contribution in [1.29, 1.82) is 0 Å². The van der Waals surface area contributed by atoms with Gasteiger partial charge in [0, 0.05) is 17.9 Å². The maximum Gasteiger partial charge on any atom is 0.239 e. The molecule has 4 heteroatoms. The molecular weight excluding hydrogens is 300 g/mol. The van der Waals surface area contributed by atoms with Gasteiger partial charge in [0.05, 0.1) is 0 Å². The molecular formula is C20H22N2O2. The van der Waals surface area contributed by atoms with E-state index in [1.165, 1.54) is 0 Å². The first kappa shape index (κ1) is 16.2. The molecule has 2 amide bonds. The van der Waals surface area contributed by atoms with E-state index in [-0.39, 0.29) is 11.8 Å². The van der Waals surface area contributed by atoms with E-state index in [2.05, 4.69) is 5.32 Å². The number of aryl methyl sites for hydroxylation is 3. The van der Waals surface area contributed by atoms with Crippen molar-refractivity contribution in [3.05, 3.63) is 59.2 Å². The van der Waals surface area contributed by atoms with Crippen LogP contribution in [0.15, 0.2) is 42.5 Å². The molecule has 3 rings (SSSR count). The van der Waals surface area contributed by atoms with Crippen LogP contribution in [0.1, 0.15) is 23.1 Å². The van der Waals surface area contributed by atoms with Gasteiger partial charge in [-0.25, -0.2) is 0 Å². The first-order chi connectivity index (χ1) is 11.5. The van der Waals surface area contributed by atoms with Crippen LogP contribution >= 0.6 is 0 Å². The molecule has 0 saturated carbocycles. The molecule has 24 heavy (non-hydrogen) atoms. The van der Waals surface area contributed by atoms with E-state index in [4.69, 9.17) is 0 Å². The van der Waals surface area contributed by atoms with Crippen molar-refractivity contribution in [3.63, 3.8) is 0 Å². The lowest BCUT2D eigenvalue weighted by Gasteiger charge is -2.17. The normalized spacial score (nSPS) is 17.2. The van der Waals surface area contributed by atoms with Crippen molar-refractivity contribution in [2.45, 2.75) is 27.2 Å². The molecule has 4 nitrogen and oxygen atoms in total. The zero-order chi connectivity index (χ0) is 17.3. The monoisotopic (exact) mass is 322 g/mol. The Hall–Kier alpha value is -2.62. The van der Waals surface area contributed by atoms with E-state index < -0.39 is 5.92 Å². The second-order valence-corrected chi connectivity index (χ2v) is 6.43. The molecule has 1 N–H and O–H groups in total. The quantitative estimate of drug-likeness (QED) is 0.878. The zero-order valence-electron chi connectivity index (χ0n) is 14.3. The molecule has 2 aromatic rings. The smallest absolute Gasteiger partial charge is 0.239 e. The minimum absolute atomic E-state index is 0.124. The summed E-state index contributed by atoms with van der Waals surface area (Å²) in [5.74, 6) is -0.958. The van der Waals surface area contributed by atoms with E-state index >= 15 is 0 Å². The second-order valence-electron chi connectivity index (χ2n) is 6.43. The van der Waals surface area contributed by atoms with Crippen LogP contribution in [0.5, 0.6) is 0 Å². The van der Waals surface area contributed by atoms with Crippen molar-refractivity contribution in [3.8, 4) is 0 Å². The van der Waals surface area contributed by atoms with Gasteiger partial charge in [0.1, 0.15) is 5.92 Å². The number of amides is 2. The highest BCUT2D eigenvalue weighted by atomic mass is 16.2. The Kier molecular flexibility index (Phi) is 4.38. The Morgan fingerprint density at radius 2 is 1.71 bits per heavy atom. The summed E-state index contributed by atoms with van der Waals surface area (Å²) in [7, 11) is 0. The molecule has 0 aliphatic carbocycles. The Balaban J connectivity index is 1.76. The van der Waals surface area contributed by atoms with Crippen LogP contribution in [0.2, 0.25) is 0 Å². The number of carbonyl (C=O) groups is 2. The van der Waals surface area contributed by atoms with Crippen molar-refractivity contribution in [2.24, 2.45) is 5.92 Å². The number of nitrogens with one attached hydrogen (secondary N) is 1. The van der Waals surface area contributed by atoms with Gasteiger partial charge < -0.3 is 10.2 Å². The zero-order valence-corrected chi connectivity index (χ0v) is 14.3. The third-order valence-electron chi connectivity index (χ3n) is 4.52. The molecule has 1 heterocycles. The third-order valence-corrected chi connectivity index (χ3v) is 4.52. The van der Waals surface area contributed by atoms with Gasteiger partial charge in [0.25, 0.3) is 0 Å². The molecule has 1 aliphatic heterocycles. The predicted molar refractivity (Wildman–Crippen MR) is 96.2 cm³/mol. The average Bonchev–Trinajstić information content (AvgIpc) is 2.93. The van der Waals surface area contributed by atoms with Crippen LogP contribution in [-0.2, 0) is 9.59 Å². The predicted octanol–water partition coefficient (Wildman–Crippen LogP) is 3.60. The number of benzene rings is 2. The van der Waals surface area contributed by atoms with Crippen molar-refractivity contribution < 1.29 is 9.59 Å². The minimum atomic E-state index is -0.620. The number of rotatable bonds is 3. The summed E-state index contributed by atoms with van der Waals surface area (Å²) in [5, 5.41) is 2.96. The lowest BCUT2D eigenvalue weighted by atomic mass is 10.0. The standard InChI is InChI=1S/C20H22N2O2/c1-13-11-14(2)18(15(3)12-13)21-19(23)17-9-10-22(20(17)24)16-7-5-4-6-8-16/h4-8,11-12,17H,9-10H2,1-3H3,(H,21,23). The van der Waals surface area contributed by atoms with Crippen molar-refractivity contribution >= 4 is 23.2 Å². The van der Waals surface area contributed by atoms with E-state index in [0.29, 0.717) is 13.0 Å². The van der Waals surface area contributed by atoms with Gasteiger partial charge >= 0.3 is 0 Å². The summed E-state index contributed by atoms with van der Waals surface area (Å²) >= 11 is 0. The Bertz CT molecular complexity index is 760. The van der Waals surface area contributed by atoms with E-state index in [0.717, 1.165) is 28.1 Å². The first-order valence-electron chi connectivity index (χ1n) is 8.22. The van der Waals surface area contributed by atoms with Crippen molar-refractivity contribution in [1.82, 2.24) is 0 Å². The van der Waals surface area contributed by atoms with Gasteiger partial charge in [0.15, 0.2) is 0 Å². The van der Waals surface area contributed by atoms with E-state index in [1.54, 1.807) is 4.90 Å². The Morgan fingerprint density at radius 1 is 1.08 bits per heavy atom. The molecule has 1 fully saturated rings. The van der Waals surface area contributed by atoms with Crippen LogP contribution in [0.25, 0.3) is 0 Å². The van der Waals surface area contributed by atoms with Crippen LogP contribution < -0.4 is 10.2 Å². The summed E-state index contributed by atoms with van der Waals surface area (Å²) in [6, 6.07) is 13.6. The molecule has 1 atom stereocenters. The highest BCUT2D eigenvalue weighted by Gasteiger charge is 2.37. The van der Waals surface area contributed by atoms with Gasteiger partial charge in [0.2, 0.25) is 11.8 Å². The summed E-state index contributed by atoms with van der Waals surface area (Å²) in [6.45, 7) is 6.56. The topological polar surface area (TPSA) is 49.4 Å². The largest absolute Gasteiger partial charge is 0.325 e. The van der Waals surface area contributed by atoms with Crippen LogP contribution in [0.4, 0.5) is 11.4 Å². The molecule has 2 aromatic carbocycles. The van der Waals surface area contributed by atoms with Gasteiger partial charge in [-0.05, 0) is 50.5 Å². The molecule has 0 spiro atoms. The average molecular weight is 322 g/mol. The highest BCUT2D eigenvalue weighted by molar-refractivity contribution is 6.13. The molecule has 1 saturated heterocycles. The highest BCUT2D eigenvalue weighted by Crippen LogP contribution is 2.28. The fourth-order valence-corrected chi connectivity index (χ4v) is 3.38. The number of anilines is 2. The Morgan fingerprint density at radius 3 is 2.33 bits per heavy atom. The lowest BCUT2D eigenvalue weighted by molar-refractivity contribution is -0.129. The molecule has 1 aliphatic rings. The van der Waals surface area contributed by atoms with Crippen molar-refractivity contribution in [2.75, 3.05) is 16.8 Å². The molecule has 124 valence electrons. The summed E-state index contributed by atoms with van der Waals surface area (Å²) in [4.78, 5) is 27.0. The third kappa shape index (κ3) is 3.04. The number of carbonyl (C=O) groups excluding carboxylic acids is 2. The molecule has 0 bridgehead atoms. The second kappa shape index (κ2) is 6.48. The fourth-order valence-electron chi connectivity index (χ4n) is 3.38. The van der Waals surface area contributed by atoms with Crippen LogP contribution in [-0.4, -0.2) is 18.4 Å². The van der Waals surface area contributed by atoms with Crippen LogP contribution in [0.3, 0.4) is 0 Å². The SMILES string of the molecule is Cc1cc(C)c(NC(=O)C2CCN(c3ccccc3)C2=O)c(C)c1. The number of para-hydroxylation sites is 1. The molecule has 0 aromatic heterocycles. The molecule has 1 unspecified atom stereocenters. The number of nitrogens with zero attached hydrogens (tertiary/aromatic N) is 1. The Labute approximate surface area is 142 Å². The number of hydrogen-bond acceptors (Lipinski definition) is 2. The first-order valence-corrected chi connectivity index (χ1v) is 8.22. The summed E-state index contributed by atoms with van der Waals surface area (Å²) in [5.41, 5.74) is 4.87. The van der Waals surface area contributed by atoms with Gasteiger partial charge in [-0.2, -0.15) is 0 Å². The summed E-state index contributed by atoms with van der Waals surface area (Å²) in [6.07, 6.45) is 0.545. The van der Waals surface area contributed by atoms with E-state index in [9.17, 15) is 9.59 Å². The lowest BCUT2D eigenvalue weighted by Crippen LogP contribution is -2.33. The van der Waals surface area contributed by atoms with Gasteiger partial charge in [-0.3, -0.25) is 9.59 Å².